The molecule has 0 heterocycles. The smallest absolute Gasteiger partial charge is 0.242 e. The number of amides is 1. The summed E-state index contributed by atoms with van der Waals surface area (Å²) in [4.78, 5) is 11.9. The first-order valence-corrected chi connectivity index (χ1v) is 6.97. The second-order valence-electron chi connectivity index (χ2n) is 5.00. The highest BCUT2D eigenvalue weighted by molar-refractivity contribution is 6.30. The lowest BCUT2D eigenvalue weighted by Crippen LogP contribution is -2.32. The van der Waals surface area contributed by atoms with Crippen LogP contribution >= 0.6 is 11.6 Å². The molecule has 0 saturated carbocycles. The van der Waals surface area contributed by atoms with Crippen molar-refractivity contribution in [3.05, 3.63) is 42.0 Å². The number of halogens is 1. The highest BCUT2D eigenvalue weighted by atomic mass is 35.5. The van der Waals surface area contributed by atoms with E-state index in [9.17, 15) is 4.79 Å². The van der Waals surface area contributed by atoms with Gasteiger partial charge in [-0.2, -0.15) is 0 Å². The van der Waals surface area contributed by atoms with Crippen LogP contribution in [0.25, 0.3) is 10.8 Å². The maximum Gasteiger partial charge on any atom is 0.242 e. The van der Waals surface area contributed by atoms with E-state index in [4.69, 9.17) is 16.3 Å². The van der Waals surface area contributed by atoms with Crippen molar-refractivity contribution in [2.24, 2.45) is 0 Å². The quantitative estimate of drug-likeness (QED) is 0.873. The first-order chi connectivity index (χ1) is 9.51. The van der Waals surface area contributed by atoms with Crippen LogP contribution in [-0.4, -0.2) is 19.1 Å². The van der Waals surface area contributed by atoms with Crippen molar-refractivity contribution >= 4 is 28.3 Å². The fourth-order valence-corrected chi connectivity index (χ4v) is 2.23. The summed E-state index contributed by atoms with van der Waals surface area (Å²) >= 11 is 6.22. The van der Waals surface area contributed by atoms with Crippen molar-refractivity contribution in [2.45, 2.75) is 25.3 Å². The van der Waals surface area contributed by atoms with E-state index < -0.39 is 5.38 Å². The monoisotopic (exact) mass is 291 g/mol. The Morgan fingerprint density at radius 2 is 1.80 bits per heavy atom. The second kappa shape index (κ2) is 6.14. The first-order valence-electron chi connectivity index (χ1n) is 6.53. The average molecular weight is 292 g/mol. The molecule has 0 aliphatic carbocycles. The molecule has 1 unspecified atom stereocenters. The van der Waals surface area contributed by atoms with Crippen molar-refractivity contribution in [3.8, 4) is 5.75 Å². The van der Waals surface area contributed by atoms with Crippen LogP contribution in [0.3, 0.4) is 0 Å². The fourth-order valence-electron chi connectivity index (χ4n) is 2.04. The largest absolute Gasteiger partial charge is 0.497 e. The van der Waals surface area contributed by atoms with Gasteiger partial charge in [0.25, 0.3) is 0 Å². The summed E-state index contributed by atoms with van der Waals surface area (Å²) < 4.78 is 5.19. The predicted molar refractivity (Wildman–Crippen MR) is 82.4 cm³/mol. The average Bonchev–Trinajstić information content (AvgIpc) is 2.44. The molecule has 0 aliphatic heterocycles. The Hall–Kier alpha value is -1.74. The fraction of sp³-hybridized carbons (Fsp3) is 0.312. The number of nitrogens with one attached hydrogen (secondary N) is 1. The Bertz CT molecular complexity index is 625. The van der Waals surface area contributed by atoms with Gasteiger partial charge in [0.05, 0.1) is 7.11 Å². The maximum atomic E-state index is 11.9. The molecule has 4 heteroatoms. The van der Waals surface area contributed by atoms with Crippen molar-refractivity contribution in [1.82, 2.24) is 5.32 Å². The van der Waals surface area contributed by atoms with Gasteiger partial charge in [-0.1, -0.05) is 18.2 Å². The minimum absolute atomic E-state index is 0.0773. The molecule has 106 valence electrons. The van der Waals surface area contributed by atoms with Crippen LogP contribution in [0.5, 0.6) is 5.75 Å². The van der Waals surface area contributed by atoms with Gasteiger partial charge >= 0.3 is 0 Å². The Kier molecular flexibility index (Phi) is 4.50. The zero-order chi connectivity index (χ0) is 14.7. The van der Waals surface area contributed by atoms with Crippen molar-refractivity contribution in [2.75, 3.05) is 7.11 Å². The van der Waals surface area contributed by atoms with Crippen LogP contribution in [0.15, 0.2) is 36.4 Å². The van der Waals surface area contributed by atoms with Gasteiger partial charge in [-0.05, 0) is 48.4 Å². The molecule has 2 rings (SSSR count). The zero-order valence-corrected chi connectivity index (χ0v) is 12.6. The van der Waals surface area contributed by atoms with Gasteiger partial charge in [-0.25, -0.2) is 0 Å². The molecule has 3 nitrogen and oxygen atoms in total. The van der Waals surface area contributed by atoms with Crippen molar-refractivity contribution < 1.29 is 9.53 Å². The lowest BCUT2D eigenvalue weighted by atomic mass is 10.0. The van der Waals surface area contributed by atoms with Gasteiger partial charge in [-0.15, -0.1) is 11.6 Å². The Morgan fingerprint density at radius 3 is 2.45 bits per heavy atom. The molecule has 0 aromatic heterocycles. The number of fused-ring (bicyclic) bond motifs is 1. The van der Waals surface area contributed by atoms with Gasteiger partial charge in [0, 0.05) is 6.04 Å². The highest BCUT2D eigenvalue weighted by Gasteiger charge is 2.18. The SMILES string of the molecule is COc1ccc2cc(C(Cl)C(=O)NC(C)C)ccc2c1. The lowest BCUT2D eigenvalue weighted by Gasteiger charge is -2.14. The summed E-state index contributed by atoms with van der Waals surface area (Å²) in [6.45, 7) is 3.82. The van der Waals surface area contributed by atoms with Gasteiger partial charge in [-0.3, -0.25) is 4.79 Å². The van der Waals surface area contributed by atoms with E-state index in [2.05, 4.69) is 5.32 Å². The zero-order valence-electron chi connectivity index (χ0n) is 11.8. The summed E-state index contributed by atoms with van der Waals surface area (Å²) in [6.07, 6.45) is 0. The van der Waals surface area contributed by atoms with Gasteiger partial charge in [0.1, 0.15) is 11.1 Å². The molecule has 0 radical (unpaired) electrons. The number of carbonyl (C=O) groups is 1. The number of benzene rings is 2. The number of rotatable bonds is 4. The minimum atomic E-state index is -0.677. The lowest BCUT2D eigenvalue weighted by molar-refractivity contribution is -0.121. The second-order valence-corrected chi connectivity index (χ2v) is 5.43. The van der Waals surface area contributed by atoms with Gasteiger partial charge < -0.3 is 10.1 Å². The Labute approximate surface area is 123 Å². The van der Waals surface area contributed by atoms with Crippen molar-refractivity contribution in [1.29, 1.82) is 0 Å². The van der Waals surface area contributed by atoms with Crippen LogP contribution < -0.4 is 10.1 Å². The molecule has 2 aromatic rings. The van der Waals surface area contributed by atoms with E-state index in [1.807, 2.05) is 50.2 Å². The number of carbonyl (C=O) groups excluding carboxylic acids is 1. The molecular formula is C16H18ClNO2. The third-order valence-electron chi connectivity index (χ3n) is 3.03. The molecule has 1 atom stereocenters. The number of methoxy groups -OCH3 is 1. The molecular weight excluding hydrogens is 274 g/mol. The number of alkyl halides is 1. The summed E-state index contributed by atoms with van der Waals surface area (Å²) in [5, 5.41) is 4.23. The van der Waals surface area contributed by atoms with E-state index in [0.717, 1.165) is 22.1 Å². The summed E-state index contributed by atoms with van der Waals surface area (Å²) in [7, 11) is 1.64. The topological polar surface area (TPSA) is 38.3 Å². The number of ether oxygens (including phenoxy) is 1. The summed E-state index contributed by atoms with van der Waals surface area (Å²) in [5.74, 6) is 0.639. The molecule has 0 saturated heterocycles. The predicted octanol–water partition coefficient (Wildman–Crippen LogP) is 3.65. The van der Waals surface area contributed by atoms with E-state index in [0.29, 0.717) is 0 Å². The van der Waals surface area contributed by atoms with E-state index >= 15 is 0 Å². The molecule has 0 aliphatic rings. The third-order valence-corrected chi connectivity index (χ3v) is 3.48. The summed E-state index contributed by atoms with van der Waals surface area (Å²) in [5.41, 5.74) is 0.794. The normalized spacial score (nSPS) is 12.4. The standard InChI is InChI=1S/C16H18ClNO2/c1-10(2)18-16(19)15(17)13-5-4-12-9-14(20-3)7-6-11(12)8-13/h4-10,15H,1-3H3,(H,18,19). The van der Waals surface area contributed by atoms with E-state index in [1.54, 1.807) is 7.11 Å². The Morgan fingerprint density at radius 1 is 1.15 bits per heavy atom. The molecule has 1 N–H and O–H groups in total. The van der Waals surface area contributed by atoms with Gasteiger partial charge in [0.2, 0.25) is 5.91 Å². The third kappa shape index (κ3) is 3.23. The minimum Gasteiger partial charge on any atom is -0.497 e. The molecule has 0 spiro atoms. The van der Waals surface area contributed by atoms with Crippen LogP contribution in [0.4, 0.5) is 0 Å². The van der Waals surface area contributed by atoms with Crippen LogP contribution in [0, 0.1) is 0 Å². The van der Waals surface area contributed by atoms with Crippen LogP contribution in [-0.2, 0) is 4.79 Å². The van der Waals surface area contributed by atoms with E-state index in [1.165, 1.54) is 0 Å². The van der Waals surface area contributed by atoms with Crippen LogP contribution in [0.2, 0.25) is 0 Å². The van der Waals surface area contributed by atoms with E-state index in [-0.39, 0.29) is 11.9 Å². The Balaban J connectivity index is 2.29. The molecule has 20 heavy (non-hydrogen) atoms. The summed E-state index contributed by atoms with van der Waals surface area (Å²) in [6, 6.07) is 11.6. The van der Waals surface area contributed by atoms with Crippen LogP contribution in [0.1, 0.15) is 24.8 Å². The molecule has 1 amide bonds. The first kappa shape index (κ1) is 14.7. The number of hydrogen-bond donors (Lipinski definition) is 1. The molecule has 0 fully saturated rings. The van der Waals surface area contributed by atoms with Gasteiger partial charge in [0.15, 0.2) is 0 Å². The molecule has 0 bridgehead atoms. The highest BCUT2D eigenvalue weighted by Crippen LogP contribution is 2.27. The maximum absolute atomic E-state index is 11.9. The van der Waals surface area contributed by atoms with Crippen molar-refractivity contribution in [3.63, 3.8) is 0 Å². The number of hydrogen-bond acceptors (Lipinski definition) is 2. The molecule has 2 aromatic carbocycles.